The Morgan fingerprint density at radius 3 is 2.58 bits per heavy atom. The highest BCUT2D eigenvalue weighted by Gasteiger charge is 2.15. The lowest BCUT2D eigenvalue weighted by atomic mass is 9.84. The maximum absolute atomic E-state index is 10.1. The Morgan fingerprint density at radius 1 is 1.08 bits per heavy atom. The zero-order chi connectivity index (χ0) is 16.6. The number of hydrogen-bond donors (Lipinski definition) is 1. The Labute approximate surface area is 144 Å². The molecule has 0 saturated heterocycles. The number of benzene rings is 1. The van der Waals surface area contributed by atoms with E-state index in [9.17, 15) is 5.11 Å². The van der Waals surface area contributed by atoms with Crippen molar-refractivity contribution >= 4 is 0 Å². The van der Waals surface area contributed by atoms with Crippen molar-refractivity contribution < 1.29 is 9.84 Å². The normalized spacial score (nSPS) is 16.7. The van der Waals surface area contributed by atoms with E-state index in [0.717, 1.165) is 23.7 Å². The lowest BCUT2D eigenvalue weighted by Crippen LogP contribution is -2.18. The van der Waals surface area contributed by atoms with Gasteiger partial charge in [0.1, 0.15) is 12.4 Å². The molecule has 1 aliphatic carbocycles. The lowest BCUT2D eigenvalue weighted by molar-refractivity contribution is 0.100. The van der Waals surface area contributed by atoms with Gasteiger partial charge in [0.25, 0.3) is 0 Å². The first-order chi connectivity index (χ1) is 11.8. The summed E-state index contributed by atoms with van der Waals surface area (Å²) in [6, 6.07) is 12.4. The predicted octanol–water partition coefficient (Wildman–Crippen LogP) is 4.50. The van der Waals surface area contributed by atoms with Crippen molar-refractivity contribution in [1.82, 2.24) is 4.98 Å². The van der Waals surface area contributed by atoms with Gasteiger partial charge in [-0.3, -0.25) is 4.98 Å². The number of pyridine rings is 1. The predicted molar refractivity (Wildman–Crippen MR) is 96.3 cm³/mol. The highest BCUT2D eigenvalue weighted by Crippen LogP contribution is 2.33. The molecule has 1 aromatic heterocycles. The maximum Gasteiger partial charge on any atom is 0.119 e. The van der Waals surface area contributed by atoms with Crippen LogP contribution >= 0.6 is 0 Å². The lowest BCUT2D eigenvalue weighted by Gasteiger charge is -2.22. The fraction of sp³-hybridized carbons (Fsp3) is 0.476. The molecule has 0 amide bonds. The van der Waals surface area contributed by atoms with E-state index >= 15 is 0 Å². The van der Waals surface area contributed by atoms with E-state index in [0.29, 0.717) is 13.0 Å². The summed E-state index contributed by atoms with van der Waals surface area (Å²) in [6.45, 7) is 0.336. The van der Waals surface area contributed by atoms with E-state index in [2.05, 4.69) is 17.1 Å². The smallest absolute Gasteiger partial charge is 0.119 e. The van der Waals surface area contributed by atoms with Crippen molar-refractivity contribution in [3.63, 3.8) is 0 Å². The molecule has 1 aliphatic rings. The fourth-order valence-corrected chi connectivity index (χ4v) is 3.43. The molecule has 0 spiro atoms. The number of nitrogens with zero attached hydrogens (tertiary/aromatic N) is 1. The average Bonchev–Trinajstić information content (AvgIpc) is 2.67. The van der Waals surface area contributed by atoms with Crippen LogP contribution < -0.4 is 4.74 Å². The van der Waals surface area contributed by atoms with Gasteiger partial charge < -0.3 is 9.84 Å². The molecule has 1 unspecified atom stereocenters. The van der Waals surface area contributed by atoms with E-state index < -0.39 is 6.10 Å². The average molecular weight is 325 g/mol. The van der Waals surface area contributed by atoms with E-state index in [-0.39, 0.29) is 0 Å². The van der Waals surface area contributed by atoms with Gasteiger partial charge in [0.05, 0.1) is 6.10 Å². The van der Waals surface area contributed by atoms with E-state index in [1.807, 2.05) is 30.5 Å². The number of aromatic nitrogens is 1. The zero-order valence-electron chi connectivity index (χ0n) is 14.2. The Morgan fingerprint density at radius 2 is 1.88 bits per heavy atom. The van der Waals surface area contributed by atoms with Gasteiger partial charge in [-0.05, 0) is 60.9 Å². The van der Waals surface area contributed by atoms with Crippen LogP contribution in [0.2, 0.25) is 0 Å². The van der Waals surface area contributed by atoms with Crippen molar-refractivity contribution in [2.24, 2.45) is 0 Å². The molecule has 1 saturated carbocycles. The number of aryl methyl sites for hydroxylation is 1. The molecular weight excluding hydrogens is 298 g/mol. The molecule has 0 radical (unpaired) electrons. The molecule has 1 aromatic carbocycles. The Kier molecular flexibility index (Phi) is 6.25. The molecule has 1 heterocycles. The van der Waals surface area contributed by atoms with Gasteiger partial charge in [-0.15, -0.1) is 0 Å². The molecule has 1 N–H and O–H groups in total. The van der Waals surface area contributed by atoms with Gasteiger partial charge in [-0.25, -0.2) is 0 Å². The SMILES string of the molecule is OC(CCc1cccnc1)COc1ccc(C2CCCCC2)cc1. The zero-order valence-corrected chi connectivity index (χ0v) is 14.2. The monoisotopic (exact) mass is 325 g/mol. The fourth-order valence-electron chi connectivity index (χ4n) is 3.43. The second kappa shape index (κ2) is 8.84. The molecule has 0 bridgehead atoms. The largest absolute Gasteiger partial charge is 0.491 e. The quantitative estimate of drug-likeness (QED) is 0.815. The number of hydrogen-bond acceptors (Lipinski definition) is 3. The summed E-state index contributed by atoms with van der Waals surface area (Å²) in [5.41, 5.74) is 2.58. The first-order valence-electron chi connectivity index (χ1n) is 9.11. The van der Waals surface area contributed by atoms with Crippen LogP contribution in [-0.2, 0) is 6.42 Å². The standard InChI is InChI=1S/C21H27NO2/c23-20(11-8-17-5-4-14-22-15-17)16-24-21-12-9-19(10-13-21)18-6-2-1-3-7-18/h4-5,9-10,12-15,18,20,23H,1-3,6-8,11,16H2. The molecule has 3 nitrogen and oxygen atoms in total. The minimum absolute atomic E-state index is 0.336. The molecule has 128 valence electrons. The van der Waals surface area contributed by atoms with Crippen molar-refractivity contribution in [2.45, 2.75) is 57.0 Å². The van der Waals surface area contributed by atoms with Gasteiger partial charge in [0, 0.05) is 12.4 Å². The third kappa shape index (κ3) is 5.07. The van der Waals surface area contributed by atoms with E-state index in [1.54, 1.807) is 6.20 Å². The molecule has 24 heavy (non-hydrogen) atoms. The topological polar surface area (TPSA) is 42.4 Å². The van der Waals surface area contributed by atoms with Crippen LogP contribution in [0.15, 0.2) is 48.8 Å². The summed E-state index contributed by atoms with van der Waals surface area (Å²) in [5.74, 6) is 1.56. The third-order valence-electron chi connectivity index (χ3n) is 4.89. The molecule has 1 atom stereocenters. The van der Waals surface area contributed by atoms with Crippen LogP contribution in [0.3, 0.4) is 0 Å². The number of aliphatic hydroxyl groups is 1. The molecule has 3 heteroatoms. The van der Waals surface area contributed by atoms with Gasteiger partial charge in [0.15, 0.2) is 0 Å². The summed E-state index contributed by atoms with van der Waals surface area (Å²) < 4.78 is 5.73. The summed E-state index contributed by atoms with van der Waals surface area (Å²) in [7, 11) is 0. The highest BCUT2D eigenvalue weighted by molar-refractivity contribution is 5.29. The van der Waals surface area contributed by atoms with Gasteiger partial charge >= 0.3 is 0 Å². The molecule has 1 fully saturated rings. The summed E-state index contributed by atoms with van der Waals surface area (Å²) in [6.07, 6.45) is 11.4. The van der Waals surface area contributed by atoms with E-state index in [1.165, 1.54) is 37.7 Å². The second-order valence-corrected chi connectivity index (χ2v) is 6.77. The van der Waals surface area contributed by atoms with E-state index in [4.69, 9.17) is 4.74 Å². The Balaban J connectivity index is 1.42. The summed E-state index contributed by atoms with van der Waals surface area (Å²) in [5, 5.41) is 10.1. The first-order valence-corrected chi connectivity index (χ1v) is 9.11. The van der Waals surface area contributed by atoms with Gasteiger partial charge in [0.2, 0.25) is 0 Å². The molecule has 3 rings (SSSR count). The first kappa shape index (κ1) is 17.0. The van der Waals surface area contributed by atoms with Crippen LogP contribution in [0, 0.1) is 0 Å². The van der Waals surface area contributed by atoms with Crippen molar-refractivity contribution in [2.75, 3.05) is 6.61 Å². The molecule has 0 aliphatic heterocycles. The minimum atomic E-state index is -0.455. The second-order valence-electron chi connectivity index (χ2n) is 6.77. The third-order valence-corrected chi connectivity index (χ3v) is 4.89. The van der Waals surface area contributed by atoms with Gasteiger partial charge in [-0.1, -0.05) is 37.5 Å². The van der Waals surface area contributed by atoms with Crippen molar-refractivity contribution in [3.05, 3.63) is 59.9 Å². The van der Waals surface area contributed by atoms with Crippen LogP contribution in [0.25, 0.3) is 0 Å². The van der Waals surface area contributed by atoms with Crippen LogP contribution in [-0.4, -0.2) is 22.8 Å². The van der Waals surface area contributed by atoms with Gasteiger partial charge in [-0.2, -0.15) is 0 Å². The molecular formula is C21H27NO2. The minimum Gasteiger partial charge on any atom is -0.491 e. The molecule has 2 aromatic rings. The number of ether oxygens (including phenoxy) is 1. The highest BCUT2D eigenvalue weighted by atomic mass is 16.5. The van der Waals surface area contributed by atoms with Crippen molar-refractivity contribution in [1.29, 1.82) is 0 Å². The summed E-state index contributed by atoms with van der Waals surface area (Å²) in [4.78, 5) is 4.09. The number of aliphatic hydroxyl groups excluding tert-OH is 1. The Bertz CT molecular complexity index is 591. The Hall–Kier alpha value is -1.87. The van der Waals surface area contributed by atoms with Crippen molar-refractivity contribution in [3.8, 4) is 5.75 Å². The maximum atomic E-state index is 10.1. The van der Waals surface area contributed by atoms with Crippen LogP contribution in [0.1, 0.15) is 55.6 Å². The number of rotatable bonds is 7. The summed E-state index contributed by atoms with van der Waals surface area (Å²) >= 11 is 0. The van der Waals surface area contributed by atoms with Crippen LogP contribution in [0.4, 0.5) is 0 Å². The van der Waals surface area contributed by atoms with Crippen LogP contribution in [0.5, 0.6) is 5.75 Å².